The minimum Gasteiger partial charge on any atom is -0.397 e. The Morgan fingerprint density at radius 3 is 2.73 bits per heavy atom. The highest BCUT2D eigenvalue weighted by Crippen LogP contribution is 2.27. The summed E-state index contributed by atoms with van der Waals surface area (Å²) in [5.41, 5.74) is 14.8. The second-order valence-electron chi connectivity index (χ2n) is 6.66. The molecule has 1 aromatic heterocycles. The van der Waals surface area contributed by atoms with Crippen molar-refractivity contribution < 1.29 is 9.53 Å². The Hall–Kier alpha value is -3.53. The number of nitrogens with one attached hydrogen (secondary N) is 3. The Kier molecular flexibility index (Phi) is 7.82. The molecule has 0 saturated carbocycles. The van der Waals surface area contributed by atoms with Crippen LogP contribution in [0.1, 0.15) is 29.8 Å². The average molecular weight is 415 g/mol. The third-order valence-corrected chi connectivity index (χ3v) is 4.45. The van der Waals surface area contributed by atoms with Crippen molar-refractivity contribution in [1.29, 1.82) is 0 Å². The lowest BCUT2D eigenvalue weighted by molar-refractivity contribution is 0.0821. The van der Waals surface area contributed by atoms with Gasteiger partial charge in [-0.3, -0.25) is 4.79 Å². The van der Waals surface area contributed by atoms with Crippen LogP contribution in [0.15, 0.2) is 29.4 Å². The summed E-state index contributed by atoms with van der Waals surface area (Å²) < 4.78 is 7.25. The standard InChI is InChI=1S/C20H30N8O2/c1-6-17(24-4)28-19(25-5)14(9-26-28)20(29)27-12(2)10-30-11-13-7-15(21)18(22)16(8-13)23-3/h6-9,12,23-24H,5,10-11,21-22H2,1-4H3,(H,27,29)/b17-6-. The lowest BCUT2D eigenvalue weighted by atomic mass is 10.1. The molecule has 1 heterocycles. The van der Waals surface area contributed by atoms with Gasteiger partial charge in [0.15, 0.2) is 5.82 Å². The van der Waals surface area contributed by atoms with E-state index in [2.05, 4.69) is 32.8 Å². The third kappa shape index (κ3) is 5.09. The van der Waals surface area contributed by atoms with Gasteiger partial charge in [0.2, 0.25) is 0 Å². The number of aliphatic imine (C=N–C) groups is 1. The number of nitrogens with zero attached hydrogens (tertiary/aromatic N) is 3. The molecule has 30 heavy (non-hydrogen) atoms. The monoisotopic (exact) mass is 414 g/mol. The van der Waals surface area contributed by atoms with Crippen LogP contribution in [-0.4, -0.2) is 49.1 Å². The van der Waals surface area contributed by atoms with E-state index in [-0.39, 0.29) is 11.9 Å². The van der Waals surface area contributed by atoms with Gasteiger partial charge < -0.3 is 32.2 Å². The highest BCUT2D eigenvalue weighted by Gasteiger charge is 2.19. The number of ether oxygens (including phenoxy) is 1. The smallest absolute Gasteiger partial charge is 0.257 e. The second-order valence-corrected chi connectivity index (χ2v) is 6.66. The summed E-state index contributed by atoms with van der Waals surface area (Å²) in [6, 6.07) is 3.42. The molecule has 0 saturated heterocycles. The number of nitrogen functional groups attached to an aromatic ring is 2. The van der Waals surface area contributed by atoms with E-state index in [1.165, 1.54) is 10.9 Å². The number of anilines is 3. The summed E-state index contributed by atoms with van der Waals surface area (Å²) in [4.78, 5) is 16.6. The molecule has 10 heteroatoms. The molecule has 0 bridgehead atoms. The average Bonchev–Trinajstić information content (AvgIpc) is 3.15. The van der Waals surface area contributed by atoms with Crippen LogP contribution < -0.4 is 27.4 Å². The van der Waals surface area contributed by atoms with Gasteiger partial charge in [0, 0.05) is 20.1 Å². The van der Waals surface area contributed by atoms with Crippen LogP contribution in [-0.2, 0) is 11.3 Å². The number of benzene rings is 1. The molecule has 7 N–H and O–H groups in total. The molecular weight excluding hydrogens is 384 g/mol. The molecule has 0 aliphatic heterocycles. The van der Waals surface area contributed by atoms with E-state index in [0.29, 0.717) is 41.8 Å². The first-order valence-corrected chi connectivity index (χ1v) is 9.49. The van der Waals surface area contributed by atoms with Gasteiger partial charge in [0.25, 0.3) is 5.91 Å². The Morgan fingerprint density at radius 2 is 2.13 bits per heavy atom. The summed E-state index contributed by atoms with van der Waals surface area (Å²) in [6.45, 7) is 7.91. The quantitative estimate of drug-likeness (QED) is 0.294. The third-order valence-electron chi connectivity index (χ3n) is 4.45. The van der Waals surface area contributed by atoms with Crippen molar-refractivity contribution in [3.8, 4) is 0 Å². The van der Waals surface area contributed by atoms with Crippen molar-refractivity contribution in [2.24, 2.45) is 4.99 Å². The number of nitrogens with two attached hydrogens (primary N) is 2. The van der Waals surface area contributed by atoms with Crippen molar-refractivity contribution in [2.75, 3.05) is 37.5 Å². The maximum Gasteiger partial charge on any atom is 0.257 e. The molecule has 0 fully saturated rings. The maximum absolute atomic E-state index is 12.7. The van der Waals surface area contributed by atoms with Gasteiger partial charge in [-0.1, -0.05) is 0 Å². The molecule has 10 nitrogen and oxygen atoms in total. The van der Waals surface area contributed by atoms with Crippen LogP contribution in [0.5, 0.6) is 0 Å². The fourth-order valence-corrected chi connectivity index (χ4v) is 2.93. The fourth-order valence-electron chi connectivity index (χ4n) is 2.93. The number of carbonyl (C=O) groups is 1. The highest BCUT2D eigenvalue weighted by molar-refractivity contribution is 5.99. The minimum absolute atomic E-state index is 0.237. The lowest BCUT2D eigenvalue weighted by Crippen LogP contribution is -2.35. The maximum atomic E-state index is 12.7. The number of carbonyl (C=O) groups excluding carboxylic acids is 1. The zero-order valence-corrected chi connectivity index (χ0v) is 17.8. The topological polar surface area (TPSA) is 145 Å². The van der Waals surface area contributed by atoms with E-state index >= 15 is 0 Å². The van der Waals surface area contributed by atoms with Crippen LogP contribution in [0, 0.1) is 0 Å². The fraction of sp³-hybridized carbons (Fsp3) is 0.350. The number of rotatable bonds is 10. The molecule has 2 rings (SSSR count). The first-order valence-electron chi connectivity index (χ1n) is 9.49. The number of hydrogen-bond acceptors (Lipinski definition) is 8. The molecule has 1 atom stereocenters. The first kappa shape index (κ1) is 22.8. The van der Waals surface area contributed by atoms with Crippen molar-refractivity contribution in [2.45, 2.75) is 26.5 Å². The molecule has 162 valence electrons. The predicted molar refractivity (Wildman–Crippen MR) is 122 cm³/mol. The van der Waals surface area contributed by atoms with Crippen LogP contribution in [0.25, 0.3) is 5.82 Å². The molecule has 0 radical (unpaired) electrons. The van der Waals surface area contributed by atoms with Gasteiger partial charge in [-0.2, -0.15) is 9.78 Å². The Labute approximate surface area is 176 Å². The molecule has 0 spiro atoms. The Bertz CT molecular complexity index is 935. The molecule has 1 amide bonds. The summed E-state index contributed by atoms with van der Waals surface area (Å²) in [6.07, 6.45) is 3.29. The van der Waals surface area contributed by atoms with Gasteiger partial charge in [-0.25, -0.2) is 4.99 Å². The van der Waals surface area contributed by atoms with E-state index < -0.39 is 0 Å². The zero-order chi connectivity index (χ0) is 22.3. The van der Waals surface area contributed by atoms with Crippen LogP contribution in [0.3, 0.4) is 0 Å². The minimum atomic E-state index is -0.305. The normalized spacial score (nSPS) is 12.3. The van der Waals surface area contributed by atoms with Gasteiger partial charge in [0.1, 0.15) is 11.4 Å². The summed E-state index contributed by atoms with van der Waals surface area (Å²) in [7, 11) is 3.54. The van der Waals surface area contributed by atoms with E-state index in [4.69, 9.17) is 16.2 Å². The van der Waals surface area contributed by atoms with E-state index in [0.717, 1.165) is 11.3 Å². The van der Waals surface area contributed by atoms with Gasteiger partial charge >= 0.3 is 0 Å². The zero-order valence-electron chi connectivity index (χ0n) is 17.8. The SMILES string of the molecule is C=Nc1c(C(=O)NC(C)COCc2cc(N)c(N)c(NC)c2)cnn1/C(=C\C)NC. The van der Waals surface area contributed by atoms with E-state index in [1.807, 2.05) is 26.0 Å². The number of amides is 1. The molecule has 1 aromatic carbocycles. The first-order chi connectivity index (χ1) is 14.4. The van der Waals surface area contributed by atoms with Crippen molar-refractivity contribution >= 4 is 41.3 Å². The molecular formula is C20H30N8O2. The summed E-state index contributed by atoms with van der Waals surface area (Å²) in [5.74, 6) is 0.747. The van der Waals surface area contributed by atoms with Crippen LogP contribution in [0.2, 0.25) is 0 Å². The number of allylic oxidation sites excluding steroid dienone is 1. The van der Waals surface area contributed by atoms with Gasteiger partial charge in [-0.05, 0) is 44.3 Å². The van der Waals surface area contributed by atoms with E-state index in [1.54, 1.807) is 20.2 Å². The second kappa shape index (κ2) is 10.3. The van der Waals surface area contributed by atoms with Crippen molar-refractivity contribution in [1.82, 2.24) is 20.4 Å². The highest BCUT2D eigenvalue weighted by atomic mass is 16.5. The van der Waals surface area contributed by atoms with Gasteiger partial charge in [-0.15, -0.1) is 0 Å². The molecule has 2 aromatic rings. The predicted octanol–water partition coefficient (Wildman–Crippen LogP) is 1.79. The Balaban J connectivity index is 1.97. The van der Waals surface area contributed by atoms with Gasteiger partial charge in [0.05, 0.1) is 36.5 Å². The number of aromatic nitrogens is 2. The van der Waals surface area contributed by atoms with E-state index in [9.17, 15) is 4.79 Å². The van der Waals surface area contributed by atoms with Crippen molar-refractivity contribution in [3.05, 3.63) is 35.5 Å². The molecule has 1 unspecified atom stereocenters. The number of hydrogen-bond donors (Lipinski definition) is 5. The van der Waals surface area contributed by atoms with Crippen LogP contribution >= 0.6 is 0 Å². The van der Waals surface area contributed by atoms with Crippen molar-refractivity contribution in [3.63, 3.8) is 0 Å². The largest absolute Gasteiger partial charge is 0.397 e. The molecule has 0 aliphatic rings. The summed E-state index contributed by atoms with van der Waals surface area (Å²) in [5, 5.41) is 13.1. The summed E-state index contributed by atoms with van der Waals surface area (Å²) >= 11 is 0. The Morgan fingerprint density at radius 1 is 1.40 bits per heavy atom. The van der Waals surface area contributed by atoms with Crippen LogP contribution in [0.4, 0.5) is 22.9 Å². The molecule has 0 aliphatic carbocycles. The lowest BCUT2D eigenvalue weighted by Gasteiger charge is -2.15.